The number of carbonyl (C=O) groups excluding carboxylic acids is 3. The summed E-state index contributed by atoms with van der Waals surface area (Å²) < 4.78 is 10.8. The van der Waals surface area contributed by atoms with Crippen LogP contribution in [0.4, 0.5) is 0 Å². The molecule has 1 atom stereocenters. The van der Waals surface area contributed by atoms with Gasteiger partial charge in [0.05, 0.1) is 6.54 Å². The van der Waals surface area contributed by atoms with Gasteiger partial charge in [-0.15, -0.1) is 0 Å². The normalized spacial score (nSPS) is 22.0. The smallest absolute Gasteiger partial charge is 0.255 e. The highest BCUT2D eigenvalue weighted by Gasteiger charge is 2.39. The van der Waals surface area contributed by atoms with Crippen LogP contribution in [0.1, 0.15) is 47.2 Å². The number of ether oxygens (including phenoxy) is 2. The van der Waals surface area contributed by atoms with Crippen LogP contribution in [0.15, 0.2) is 18.2 Å². The largest absolute Gasteiger partial charge is 0.356 e. The summed E-state index contributed by atoms with van der Waals surface area (Å²) in [4.78, 5) is 40.2. The van der Waals surface area contributed by atoms with Crippen LogP contribution in [0.3, 0.4) is 0 Å². The third-order valence-corrected chi connectivity index (χ3v) is 6.54. The number of methoxy groups -OCH3 is 2. The van der Waals surface area contributed by atoms with Crippen LogP contribution in [0.5, 0.6) is 0 Å². The molecule has 3 aliphatic rings. The fourth-order valence-electron chi connectivity index (χ4n) is 4.77. The van der Waals surface area contributed by atoms with Crippen LogP contribution < -0.4 is 5.32 Å². The number of nitrogens with zero attached hydrogens (tertiary/aromatic N) is 2. The SMILES string of the molecule is COC(OC)C1CCN(CC#Cc2ccc3c(c2)CN(C2CCC(=O)NC2=O)C3=O)CC1. The second-order valence-corrected chi connectivity index (χ2v) is 8.53. The van der Waals surface area contributed by atoms with Gasteiger partial charge in [0.1, 0.15) is 6.04 Å². The maximum atomic E-state index is 12.8. The Bertz CT molecular complexity index is 954. The van der Waals surface area contributed by atoms with E-state index in [4.69, 9.17) is 9.47 Å². The number of benzene rings is 1. The number of amides is 3. The number of likely N-dealkylation sites (tertiary alicyclic amines) is 1. The third-order valence-electron chi connectivity index (χ3n) is 6.54. The lowest BCUT2D eigenvalue weighted by Crippen LogP contribution is -2.52. The molecule has 32 heavy (non-hydrogen) atoms. The van der Waals surface area contributed by atoms with Crippen LogP contribution >= 0.6 is 0 Å². The molecule has 0 saturated carbocycles. The standard InChI is InChI=1S/C24H29N3O5/c1-31-24(32-2)17-9-12-26(13-10-17)11-3-4-16-5-6-19-18(14-16)15-27(23(19)30)20-7-8-21(28)25-22(20)29/h5-6,14,17,20,24H,7-13,15H2,1-2H3,(H,25,28,29). The number of imide groups is 1. The number of piperidine rings is 2. The van der Waals surface area contributed by atoms with E-state index in [2.05, 4.69) is 22.1 Å². The zero-order chi connectivity index (χ0) is 22.7. The fraction of sp³-hybridized carbons (Fsp3) is 0.542. The van der Waals surface area contributed by atoms with Crippen molar-refractivity contribution in [1.82, 2.24) is 15.1 Å². The molecule has 8 nitrogen and oxygen atoms in total. The minimum absolute atomic E-state index is 0.142. The van der Waals surface area contributed by atoms with Crippen LogP contribution in [0.2, 0.25) is 0 Å². The molecule has 1 N–H and O–H groups in total. The van der Waals surface area contributed by atoms with Gasteiger partial charge in [-0.3, -0.25) is 24.6 Å². The number of hydrogen-bond acceptors (Lipinski definition) is 6. The zero-order valence-corrected chi connectivity index (χ0v) is 18.6. The van der Waals surface area contributed by atoms with Crippen molar-refractivity contribution in [1.29, 1.82) is 0 Å². The van der Waals surface area contributed by atoms with Crippen molar-refractivity contribution in [2.24, 2.45) is 5.92 Å². The van der Waals surface area contributed by atoms with Crippen LogP contribution in [0, 0.1) is 17.8 Å². The second kappa shape index (κ2) is 9.82. The first-order valence-electron chi connectivity index (χ1n) is 11.0. The van der Waals surface area contributed by atoms with Gasteiger partial charge in [0.25, 0.3) is 5.91 Å². The Morgan fingerprint density at radius 3 is 2.56 bits per heavy atom. The van der Waals surface area contributed by atoms with Crippen molar-refractivity contribution in [3.05, 3.63) is 34.9 Å². The van der Waals surface area contributed by atoms with Crippen LogP contribution in [-0.4, -0.2) is 73.7 Å². The van der Waals surface area contributed by atoms with E-state index in [1.807, 2.05) is 12.1 Å². The topological polar surface area (TPSA) is 88.2 Å². The van der Waals surface area contributed by atoms with E-state index in [0.29, 0.717) is 31.0 Å². The number of nitrogens with one attached hydrogen (secondary N) is 1. The predicted molar refractivity (Wildman–Crippen MR) is 116 cm³/mol. The second-order valence-electron chi connectivity index (χ2n) is 8.53. The molecule has 0 spiro atoms. The number of fused-ring (bicyclic) bond motifs is 1. The fourth-order valence-corrected chi connectivity index (χ4v) is 4.77. The van der Waals surface area contributed by atoms with E-state index in [0.717, 1.165) is 37.1 Å². The van der Waals surface area contributed by atoms with E-state index >= 15 is 0 Å². The molecule has 1 aromatic carbocycles. The number of carbonyl (C=O) groups is 3. The molecule has 0 aromatic heterocycles. The Hall–Kier alpha value is -2.73. The maximum absolute atomic E-state index is 12.8. The van der Waals surface area contributed by atoms with Crippen molar-refractivity contribution in [2.75, 3.05) is 33.9 Å². The van der Waals surface area contributed by atoms with Gasteiger partial charge in [-0.25, -0.2) is 0 Å². The van der Waals surface area contributed by atoms with Crippen molar-refractivity contribution in [3.8, 4) is 11.8 Å². The van der Waals surface area contributed by atoms with E-state index in [9.17, 15) is 14.4 Å². The Labute approximate surface area is 188 Å². The van der Waals surface area contributed by atoms with E-state index in [-0.39, 0.29) is 24.5 Å². The highest BCUT2D eigenvalue weighted by Crippen LogP contribution is 2.28. The Kier molecular flexibility index (Phi) is 6.89. The lowest BCUT2D eigenvalue weighted by atomic mass is 9.96. The number of hydrogen-bond donors (Lipinski definition) is 1. The molecule has 0 aliphatic carbocycles. The van der Waals surface area contributed by atoms with Crippen molar-refractivity contribution in [3.63, 3.8) is 0 Å². The maximum Gasteiger partial charge on any atom is 0.255 e. The van der Waals surface area contributed by atoms with E-state index in [1.165, 1.54) is 0 Å². The molecule has 2 fully saturated rings. The minimum atomic E-state index is -0.596. The van der Waals surface area contributed by atoms with Gasteiger partial charge in [-0.1, -0.05) is 11.8 Å². The monoisotopic (exact) mass is 439 g/mol. The van der Waals surface area contributed by atoms with Gasteiger partial charge in [0, 0.05) is 44.2 Å². The predicted octanol–water partition coefficient (Wildman–Crippen LogP) is 1.13. The molecule has 0 bridgehead atoms. The average molecular weight is 440 g/mol. The zero-order valence-electron chi connectivity index (χ0n) is 18.6. The number of rotatable bonds is 5. The first kappa shape index (κ1) is 22.5. The van der Waals surface area contributed by atoms with Gasteiger partial charge in [-0.2, -0.15) is 0 Å². The summed E-state index contributed by atoms with van der Waals surface area (Å²) in [5, 5.41) is 2.33. The average Bonchev–Trinajstić information content (AvgIpc) is 3.11. The Balaban J connectivity index is 1.34. The van der Waals surface area contributed by atoms with E-state index in [1.54, 1.807) is 25.2 Å². The Morgan fingerprint density at radius 2 is 1.88 bits per heavy atom. The van der Waals surface area contributed by atoms with Crippen molar-refractivity contribution in [2.45, 2.75) is 44.6 Å². The molecule has 2 saturated heterocycles. The van der Waals surface area contributed by atoms with Gasteiger partial charge >= 0.3 is 0 Å². The molecular weight excluding hydrogens is 410 g/mol. The van der Waals surface area contributed by atoms with Gasteiger partial charge in [-0.05, 0) is 56.1 Å². The molecule has 3 aliphatic heterocycles. The summed E-state index contributed by atoms with van der Waals surface area (Å²) in [5.41, 5.74) is 2.33. The summed E-state index contributed by atoms with van der Waals surface area (Å²) in [5.74, 6) is 6.02. The summed E-state index contributed by atoms with van der Waals surface area (Å²) in [7, 11) is 3.36. The molecule has 4 rings (SSSR count). The molecular formula is C24H29N3O5. The summed E-state index contributed by atoms with van der Waals surface area (Å²) in [6.45, 7) is 2.98. The summed E-state index contributed by atoms with van der Waals surface area (Å²) >= 11 is 0. The first-order chi connectivity index (χ1) is 15.5. The summed E-state index contributed by atoms with van der Waals surface area (Å²) in [6, 6.07) is 4.97. The third kappa shape index (κ3) is 4.70. The van der Waals surface area contributed by atoms with Crippen LogP contribution in [0.25, 0.3) is 0 Å². The molecule has 3 amide bonds. The highest BCUT2D eigenvalue weighted by atomic mass is 16.7. The van der Waals surface area contributed by atoms with Gasteiger partial charge in [0.15, 0.2) is 6.29 Å². The molecule has 0 radical (unpaired) electrons. The van der Waals surface area contributed by atoms with Crippen molar-refractivity contribution >= 4 is 17.7 Å². The molecule has 170 valence electrons. The van der Waals surface area contributed by atoms with E-state index < -0.39 is 11.9 Å². The Morgan fingerprint density at radius 1 is 1.12 bits per heavy atom. The highest BCUT2D eigenvalue weighted by molar-refractivity contribution is 6.05. The minimum Gasteiger partial charge on any atom is -0.356 e. The van der Waals surface area contributed by atoms with Gasteiger partial charge in [0.2, 0.25) is 11.8 Å². The quantitative estimate of drug-likeness (QED) is 0.420. The molecule has 3 heterocycles. The molecule has 8 heteroatoms. The van der Waals surface area contributed by atoms with Crippen molar-refractivity contribution < 1.29 is 23.9 Å². The van der Waals surface area contributed by atoms with Gasteiger partial charge < -0.3 is 14.4 Å². The van der Waals surface area contributed by atoms with Crippen LogP contribution in [-0.2, 0) is 25.6 Å². The lowest BCUT2D eigenvalue weighted by molar-refractivity contribution is -0.146. The first-order valence-corrected chi connectivity index (χ1v) is 11.0. The molecule has 1 aromatic rings. The lowest BCUT2D eigenvalue weighted by Gasteiger charge is -2.33. The molecule has 1 unspecified atom stereocenters. The summed E-state index contributed by atoms with van der Waals surface area (Å²) in [6.07, 6.45) is 2.51.